The number of aromatic nitrogens is 3. The Kier molecular flexibility index (Phi) is 4.50. The van der Waals surface area contributed by atoms with Crippen molar-refractivity contribution in [3.63, 3.8) is 0 Å². The minimum absolute atomic E-state index is 0.698. The van der Waals surface area contributed by atoms with Gasteiger partial charge in [-0.2, -0.15) is 10.4 Å². The van der Waals surface area contributed by atoms with Crippen molar-refractivity contribution in [3.8, 4) is 17.3 Å². The maximum atomic E-state index is 9.16. The summed E-state index contributed by atoms with van der Waals surface area (Å²) in [6.45, 7) is 3.63. The Morgan fingerprint density at radius 3 is 2.58 bits per heavy atom. The summed E-state index contributed by atoms with van der Waals surface area (Å²) in [7, 11) is 4.02. The molecule has 5 nitrogen and oxygen atoms in total. The highest BCUT2D eigenvalue weighted by Gasteiger charge is 2.13. The van der Waals surface area contributed by atoms with E-state index in [2.05, 4.69) is 47.3 Å². The molecule has 0 bridgehead atoms. The number of nitriles is 1. The third-order valence-corrected chi connectivity index (χ3v) is 4.42. The van der Waals surface area contributed by atoms with Gasteiger partial charge in [-0.05, 0) is 31.2 Å². The van der Waals surface area contributed by atoms with Crippen LogP contribution < -0.4 is 0 Å². The van der Waals surface area contributed by atoms with E-state index in [0.29, 0.717) is 5.69 Å². The molecule has 1 N–H and O–H groups in total. The first-order chi connectivity index (χ1) is 11.6. The van der Waals surface area contributed by atoms with Crippen LogP contribution in [-0.4, -0.2) is 26.7 Å². The fourth-order valence-corrected chi connectivity index (χ4v) is 2.95. The summed E-state index contributed by atoms with van der Waals surface area (Å²) in [5, 5.41) is 16.5. The molecule has 2 aromatic heterocycles. The van der Waals surface area contributed by atoms with E-state index < -0.39 is 0 Å². The first-order valence-electron chi connectivity index (χ1n) is 7.91. The summed E-state index contributed by atoms with van der Waals surface area (Å²) in [5.41, 5.74) is 6.38. The van der Waals surface area contributed by atoms with Crippen LogP contribution in [0.15, 0.2) is 42.6 Å². The average molecular weight is 319 g/mol. The van der Waals surface area contributed by atoms with Crippen LogP contribution in [0, 0.1) is 18.3 Å². The maximum absolute atomic E-state index is 9.16. The molecule has 0 saturated heterocycles. The zero-order chi connectivity index (χ0) is 17.1. The molecule has 0 saturated carbocycles. The van der Waals surface area contributed by atoms with Gasteiger partial charge in [-0.15, -0.1) is 0 Å². The van der Waals surface area contributed by atoms with Crippen LogP contribution in [-0.2, 0) is 20.1 Å². The normalized spacial score (nSPS) is 11.0. The molecule has 0 fully saturated rings. The van der Waals surface area contributed by atoms with Gasteiger partial charge in [0, 0.05) is 31.4 Å². The molecular formula is C19H21N5. The number of nitrogens with one attached hydrogen (secondary N) is 1. The molecule has 0 atom stereocenters. The monoisotopic (exact) mass is 319 g/mol. The zero-order valence-electron chi connectivity index (χ0n) is 14.2. The predicted octanol–water partition coefficient (Wildman–Crippen LogP) is 3.23. The Hall–Kier alpha value is -2.84. The molecule has 3 rings (SSSR count). The van der Waals surface area contributed by atoms with Crippen LogP contribution in [0.1, 0.15) is 22.5 Å². The van der Waals surface area contributed by atoms with E-state index in [4.69, 9.17) is 5.26 Å². The number of aromatic amines is 1. The largest absolute Gasteiger partial charge is 0.340 e. The molecule has 0 unspecified atom stereocenters. The van der Waals surface area contributed by atoms with Gasteiger partial charge >= 0.3 is 0 Å². The van der Waals surface area contributed by atoms with Gasteiger partial charge in [0.2, 0.25) is 0 Å². The highest BCUT2D eigenvalue weighted by Crippen LogP contribution is 2.23. The van der Waals surface area contributed by atoms with Crippen LogP contribution in [0.3, 0.4) is 0 Å². The van der Waals surface area contributed by atoms with Crippen LogP contribution in [0.4, 0.5) is 0 Å². The van der Waals surface area contributed by atoms with Crippen molar-refractivity contribution in [2.75, 3.05) is 7.05 Å². The van der Waals surface area contributed by atoms with Crippen molar-refractivity contribution in [2.24, 2.45) is 7.05 Å². The molecular weight excluding hydrogens is 298 g/mol. The quantitative estimate of drug-likeness (QED) is 0.785. The standard InChI is InChI=1S/C19H21N5/c1-14-16(9-18(10-20)24(14)3)12-23(2)13-17-11-21-22-19(17)15-7-5-4-6-8-15/h4-9,11H,12-13H2,1-3H3,(H,21,22). The lowest BCUT2D eigenvalue weighted by atomic mass is 10.1. The highest BCUT2D eigenvalue weighted by atomic mass is 15.1. The molecule has 122 valence electrons. The predicted molar refractivity (Wildman–Crippen MR) is 94.1 cm³/mol. The van der Waals surface area contributed by atoms with Gasteiger partial charge in [0.1, 0.15) is 11.8 Å². The second kappa shape index (κ2) is 6.73. The van der Waals surface area contributed by atoms with Gasteiger partial charge in [-0.3, -0.25) is 10.00 Å². The lowest BCUT2D eigenvalue weighted by Crippen LogP contribution is -2.17. The Bertz CT molecular complexity index is 867. The summed E-state index contributed by atoms with van der Waals surface area (Å²) in [6.07, 6.45) is 1.89. The van der Waals surface area contributed by atoms with E-state index in [0.717, 1.165) is 35.6 Å². The number of hydrogen-bond donors (Lipinski definition) is 1. The third kappa shape index (κ3) is 3.10. The summed E-state index contributed by atoms with van der Waals surface area (Å²) in [5.74, 6) is 0. The molecule has 0 radical (unpaired) electrons. The van der Waals surface area contributed by atoms with E-state index in [1.54, 1.807) is 0 Å². The van der Waals surface area contributed by atoms with Crippen molar-refractivity contribution < 1.29 is 0 Å². The van der Waals surface area contributed by atoms with Crippen molar-refractivity contribution in [3.05, 3.63) is 65.1 Å². The van der Waals surface area contributed by atoms with Crippen molar-refractivity contribution in [1.82, 2.24) is 19.7 Å². The molecule has 0 aliphatic rings. The minimum Gasteiger partial charge on any atom is -0.340 e. The summed E-state index contributed by atoms with van der Waals surface area (Å²) < 4.78 is 1.94. The lowest BCUT2D eigenvalue weighted by Gasteiger charge is -2.17. The fraction of sp³-hybridized carbons (Fsp3) is 0.263. The first kappa shape index (κ1) is 16.0. The summed E-state index contributed by atoms with van der Waals surface area (Å²) in [6, 6.07) is 14.4. The average Bonchev–Trinajstić information content (AvgIpc) is 3.15. The number of nitrogens with zero attached hydrogens (tertiary/aromatic N) is 4. The molecule has 3 aromatic rings. The van der Waals surface area contributed by atoms with Gasteiger partial charge in [0.05, 0.1) is 11.9 Å². The van der Waals surface area contributed by atoms with Gasteiger partial charge in [0.25, 0.3) is 0 Å². The lowest BCUT2D eigenvalue weighted by molar-refractivity contribution is 0.318. The van der Waals surface area contributed by atoms with Crippen LogP contribution in [0.5, 0.6) is 0 Å². The minimum atomic E-state index is 0.698. The van der Waals surface area contributed by atoms with Crippen molar-refractivity contribution >= 4 is 0 Å². The second-order valence-corrected chi connectivity index (χ2v) is 6.12. The van der Waals surface area contributed by atoms with E-state index >= 15 is 0 Å². The van der Waals surface area contributed by atoms with E-state index in [-0.39, 0.29) is 0 Å². The second-order valence-electron chi connectivity index (χ2n) is 6.12. The molecule has 0 amide bonds. The smallest absolute Gasteiger partial charge is 0.120 e. The third-order valence-electron chi connectivity index (χ3n) is 4.42. The topological polar surface area (TPSA) is 60.6 Å². The van der Waals surface area contributed by atoms with Crippen LogP contribution >= 0.6 is 0 Å². The van der Waals surface area contributed by atoms with E-state index in [1.807, 2.05) is 42.1 Å². The molecule has 0 aliphatic heterocycles. The Morgan fingerprint density at radius 1 is 1.21 bits per heavy atom. The Labute approximate surface area is 142 Å². The Balaban J connectivity index is 1.76. The molecule has 0 spiro atoms. The molecule has 1 aromatic carbocycles. The van der Waals surface area contributed by atoms with Gasteiger partial charge in [0.15, 0.2) is 0 Å². The fourth-order valence-electron chi connectivity index (χ4n) is 2.95. The SMILES string of the molecule is Cc1c(CN(C)Cc2cn[nH]c2-c2ccccc2)cc(C#N)n1C. The number of rotatable bonds is 5. The summed E-state index contributed by atoms with van der Waals surface area (Å²) >= 11 is 0. The molecule has 2 heterocycles. The number of benzene rings is 1. The van der Waals surface area contributed by atoms with Crippen LogP contribution in [0.2, 0.25) is 0 Å². The number of hydrogen-bond acceptors (Lipinski definition) is 3. The van der Waals surface area contributed by atoms with E-state index in [1.165, 1.54) is 5.56 Å². The van der Waals surface area contributed by atoms with Crippen molar-refractivity contribution in [1.29, 1.82) is 5.26 Å². The van der Waals surface area contributed by atoms with Crippen LogP contribution in [0.25, 0.3) is 11.3 Å². The zero-order valence-corrected chi connectivity index (χ0v) is 14.2. The summed E-state index contributed by atoms with van der Waals surface area (Å²) in [4.78, 5) is 2.24. The number of H-pyrrole nitrogens is 1. The molecule has 5 heteroatoms. The van der Waals surface area contributed by atoms with Gasteiger partial charge in [-0.25, -0.2) is 0 Å². The van der Waals surface area contributed by atoms with Gasteiger partial charge < -0.3 is 4.57 Å². The Morgan fingerprint density at radius 2 is 1.92 bits per heavy atom. The molecule has 0 aliphatic carbocycles. The van der Waals surface area contributed by atoms with Gasteiger partial charge in [-0.1, -0.05) is 30.3 Å². The highest BCUT2D eigenvalue weighted by molar-refractivity contribution is 5.62. The van der Waals surface area contributed by atoms with Crippen molar-refractivity contribution in [2.45, 2.75) is 20.0 Å². The molecule has 24 heavy (non-hydrogen) atoms. The van der Waals surface area contributed by atoms with E-state index in [9.17, 15) is 0 Å². The first-order valence-corrected chi connectivity index (χ1v) is 7.91. The maximum Gasteiger partial charge on any atom is 0.120 e.